The van der Waals surface area contributed by atoms with E-state index in [1.165, 1.54) is 0 Å². The fourth-order valence-electron chi connectivity index (χ4n) is 4.25. The van der Waals surface area contributed by atoms with E-state index in [9.17, 15) is 4.79 Å². The molecule has 0 spiro atoms. The maximum atomic E-state index is 12.1. The van der Waals surface area contributed by atoms with Crippen molar-refractivity contribution in [1.82, 2.24) is 25.4 Å². The van der Waals surface area contributed by atoms with Crippen LogP contribution in [-0.4, -0.2) is 31.7 Å². The lowest BCUT2D eigenvalue weighted by molar-refractivity contribution is -0.118. The first-order valence-corrected chi connectivity index (χ1v) is 11.5. The topological polar surface area (TPSA) is 81.4 Å². The summed E-state index contributed by atoms with van der Waals surface area (Å²) in [4.78, 5) is 11.5. The van der Waals surface area contributed by atoms with Crippen LogP contribution in [0.15, 0.2) is 84.9 Å². The molecule has 1 aliphatic heterocycles. The third-order valence-electron chi connectivity index (χ3n) is 5.82. The molecule has 3 heterocycles. The summed E-state index contributed by atoms with van der Waals surface area (Å²) in [5.74, 6) is 1.19. The van der Waals surface area contributed by atoms with Gasteiger partial charge in [0.25, 0.3) is 0 Å². The average molecular weight is 454 g/mol. The van der Waals surface area contributed by atoms with Gasteiger partial charge in [0.15, 0.2) is 5.65 Å². The number of rotatable bonds is 5. The number of aromatic nitrogens is 4. The first-order chi connectivity index (χ1) is 16.2. The molecule has 0 aliphatic carbocycles. The maximum Gasteiger partial charge on any atom is 0.231 e. The number of nitrogens with one attached hydrogen (secondary N) is 1. The number of benzene rings is 3. The van der Waals surface area contributed by atoms with Crippen LogP contribution in [0, 0.1) is 0 Å². The summed E-state index contributed by atoms with van der Waals surface area (Å²) < 4.78 is 7.83. The second-order valence-electron chi connectivity index (χ2n) is 7.84. The summed E-state index contributed by atoms with van der Waals surface area (Å²) in [5.41, 5.74) is 4.59. The van der Waals surface area contributed by atoms with E-state index in [0.717, 1.165) is 33.3 Å². The van der Waals surface area contributed by atoms with E-state index >= 15 is 0 Å². The quantitative estimate of drug-likeness (QED) is 0.434. The zero-order chi connectivity index (χ0) is 22.3. The summed E-state index contributed by atoms with van der Waals surface area (Å²) in [7, 11) is 0. The van der Waals surface area contributed by atoms with E-state index < -0.39 is 4.87 Å². The van der Waals surface area contributed by atoms with Crippen LogP contribution in [-0.2, 0) is 16.3 Å². The fraction of sp³-hybridized carbons (Fsp3) is 0.120. The van der Waals surface area contributed by atoms with Crippen molar-refractivity contribution in [3.8, 4) is 5.75 Å². The minimum Gasteiger partial charge on any atom is -0.489 e. The predicted molar refractivity (Wildman–Crippen MR) is 127 cm³/mol. The van der Waals surface area contributed by atoms with Crippen LogP contribution in [0.2, 0.25) is 0 Å². The smallest absolute Gasteiger partial charge is 0.231 e. The lowest BCUT2D eigenvalue weighted by Crippen LogP contribution is -2.38. The Hall–Kier alpha value is -3.91. The van der Waals surface area contributed by atoms with Crippen molar-refractivity contribution in [3.63, 3.8) is 0 Å². The van der Waals surface area contributed by atoms with E-state index in [1.807, 2.05) is 78.9 Å². The number of nitrogens with zero attached hydrogens (tertiary/aromatic N) is 4. The number of hydrogen-bond acceptors (Lipinski definition) is 6. The van der Waals surface area contributed by atoms with E-state index in [1.54, 1.807) is 16.3 Å². The molecule has 1 amide bonds. The van der Waals surface area contributed by atoms with Crippen molar-refractivity contribution < 1.29 is 9.53 Å². The number of fused-ring (bicyclic) bond motifs is 3. The van der Waals surface area contributed by atoms with Gasteiger partial charge in [-0.2, -0.15) is 4.52 Å². The molecular weight excluding hydrogens is 434 g/mol. The summed E-state index contributed by atoms with van der Waals surface area (Å²) in [6.07, 6.45) is 0. The highest BCUT2D eigenvalue weighted by molar-refractivity contribution is 8.01. The molecule has 1 unspecified atom stereocenters. The molecule has 0 saturated carbocycles. The molecule has 1 N–H and O–H groups in total. The van der Waals surface area contributed by atoms with Gasteiger partial charge in [0, 0.05) is 10.9 Å². The molecule has 1 atom stereocenters. The molecule has 8 heteroatoms. The molecule has 162 valence electrons. The Bertz CT molecular complexity index is 1470. The lowest BCUT2D eigenvalue weighted by Gasteiger charge is -2.29. The molecule has 0 bridgehead atoms. The van der Waals surface area contributed by atoms with Crippen molar-refractivity contribution in [2.45, 2.75) is 11.5 Å². The van der Waals surface area contributed by atoms with Gasteiger partial charge in [-0.25, -0.2) is 0 Å². The van der Waals surface area contributed by atoms with Gasteiger partial charge >= 0.3 is 0 Å². The Morgan fingerprint density at radius 1 is 0.970 bits per heavy atom. The number of hydrogen-bond donors (Lipinski definition) is 1. The molecule has 7 nitrogen and oxygen atoms in total. The van der Waals surface area contributed by atoms with Gasteiger partial charge in [0.05, 0.1) is 11.3 Å². The number of ether oxygens (including phenoxy) is 1. The van der Waals surface area contributed by atoms with Gasteiger partial charge in [-0.05, 0) is 45.8 Å². The maximum absolute atomic E-state index is 12.1. The highest BCUT2D eigenvalue weighted by Gasteiger charge is 2.41. The third-order valence-corrected chi connectivity index (χ3v) is 7.24. The third kappa shape index (κ3) is 3.39. The van der Waals surface area contributed by atoms with Crippen molar-refractivity contribution in [2.24, 2.45) is 0 Å². The van der Waals surface area contributed by atoms with E-state index in [0.29, 0.717) is 18.0 Å². The number of carbonyl (C=O) groups is 1. The van der Waals surface area contributed by atoms with Gasteiger partial charge in [-0.3, -0.25) is 4.79 Å². The molecule has 1 saturated heterocycles. The average Bonchev–Trinajstić information content (AvgIpc) is 3.52. The van der Waals surface area contributed by atoms with Crippen LogP contribution < -0.4 is 10.1 Å². The van der Waals surface area contributed by atoms with Gasteiger partial charge in [-0.15, -0.1) is 16.9 Å². The minimum atomic E-state index is -0.589. The summed E-state index contributed by atoms with van der Waals surface area (Å²) >= 11 is 1.60. The number of tetrazole rings is 1. The van der Waals surface area contributed by atoms with Crippen molar-refractivity contribution in [1.29, 1.82) is 0 Å². The molecule has 5 aromatic rings. The normalized spacial score (nSPS) is 18.0. The molecule has 33 heavy (non-hydrogen) atoms. The Kier molecular flexibility index (Phi) is 4.73. The minimum absolute atomic E-state index is 0.0337. The number of pyridine rings is 1. The van der Waals surface area contributed by atoms with Crippen LogP contribution in [0.4, 0.5) is 0 Å². The van der Waals surface area contributed by atoms with Crippen molar-refractivity contribution >= 4 is 34.2 Å². The SMILES string of the molecule is O=C1CSC(c2ccccc2)(c2ccc(OCc3cc4ccccc4n4nnnc34)cc2)N1. The Balaban J connectivity index is 1.28. The standard InChI is InChI=1S/C25H19N5O2S/c31-23-16-33-25(26-23,19-7-2-1-3-8-19)20-10-12-21(13-11-20)32-15-18-14-17-6-4-5-9-22(17)30-24(18)27-28-29-30/h1-14H,15-16H2,(H,26,31). The van der Waals surface area contributed by atoms with Crippen LogP contribution in [0.1, 0.15) is 16.7 Å². The first-order valence-electron chi connectivity index (χ1n) is 10.6. The summed E-state index contributed by atoms with van der Waals surface area (Å²) in [6.45, 7) is 0.337. The highest BCUT2D eigenvalue weighted by atomic mass is 32.2. The predicted octanol–water partition coefficient (Wildman–Crippen LogP) is 3.92. The van der Waals surface area contributed by atoms with Crippen LogP contribution in [0.5, 0.6) is 5.75 Å². The van der Waals surface area contributed by atoms with E-state index in [4.69, 9.17) is 4.74 Å². The number of carbonyl (C=O) groups excluding carboxylic acids is 1. The summed E-state index contributed by atoms with van der Waals surface area (Å²) in [5, 5.41) is 16.4. The highest BCUT2D eigenvalue weighted by Crippen LogP contribution is 2.44. The largest absolute Gasteiger partial charge is 0.489 e. The second-order valence-corrected chi connectivity index (χ2v) is 9.03. The van der Waals surface area contributed by atoms with Crippen molar-refractivity contribution in [2.75, 3.05) is 5.75 Å². The molecule has 3 aromatic carbocycles. The molecular formula is C25H19N5O2S. The second kappa shape index (κ2) is 7.90. The Morgan fingerprint density at radius 3 is 2.52 bits per heavy atom. The zero-order valence-electron chi connectivity index (χ0n) is 17.5. The Morgan fingerprint density at radius 2 is 1.73 bits per heavy atom. The van der Waals surface area contributed by atoms with Gasteiger partial charge in [-0.1, -0.05) is 60.7 Å². The van der Waals surface area contributed by atoms with Crippen LogP contribution in [0.25, 0.3) is 16.6 Å². The van der Waals surface area contributed by atoms with Crippen LogP contribution >= 0.6 is 11.8 Å². The number of thioether (sulfide) groups is 1. The number of para-hydroxylation sites is 1. The monoisotopic (exact) mass is 453 g/mol. The van der Waals surface area contributed by atoms with Gasteiger partial charge in [0.1, 0.15) is 17.2 Å². The zero-order valence-corrected chi connectivity index (χ0v) is 18.3. The van der Waals surface area contributed by atoms with E-state index in [-0.39, 0.29) is 5.91 Å². The first kappa shape index (κ1) is 19.8. The fourth-order valence-corrected chi connectivity index (χ4v) is 5.46. The molecule has 2 aromatic heterocycles. The molecule has 0 radical (unpaired) electrons. The number of amides is 1. The molecule has 1 aliphatic rings. The molecule has 6 rings (SSSR count). The lowest BCUT2D eigenvalue weighted by atomic mass is 9.97. The van der Waals surface area contributed by atoms with E-state index in [2.05, 4.69) is 26.9 Å². The Labute approximate surface area is 193 Å². The van der Waals surface area contributed by atoms with Crippen LogP contribution in [0.3, 0.4) is 0 Å². The van der Waals surface area contributed by atoms with Gasteiger partial charge < -0.3 is 10.1 Å². The molecule has 1 fully saturated rings. The van der Waals surface area contributed by atoms with Gasteiger partial charge in [0.2, 0.25) is 5.91 Å². The van der Waals surface area contributed by atoms with Crippen molar-refractivity contribution in [3.05, 3.63) is 102 Å². The summed E-state index contributed by atoms with van der Waals surface area (Å²) in [6, 6.07) is 28.0.